The fourth-order valence-corrected chi connectivity index (χ4v) is 1.71. The minimum Gasteiger partial charge on any atom is -0.504 e. The molecule has 0 radical (unpaired) electrons. The van der Waals surface area contributed by atoms with E-state index in [2.05, 4.69) is 0 Å². The Bertz CT molecular complexity index is 477. The zero-order chi connectivity index (χ0) is 14.4. The molecule has 4 nitrogen and oxygen atoms in total. The summed E-state index contributed by atoms with van der Waals surface area (Å²) in [5.41, 5.74) is 1.07. The van der Waals surface area contributed by atoms with Crippen molar-refractivity contribution < 1.29 is 19.7 Å². The third-order valence-electron chi connectivity index (χ3n) is 3.08. The van der Waals surface area contributed by atoms with Crippen molar-refractivity contribution in [2.24, 2.45) is 5.92 Å². The second kappa shape index (κ2) is 6.83. The van der Waals surface area contributed by atoms with Crippen LogP contribution in [0.5, 0.6) is 11.5 Å². The van der Waals surface area contributed by atoms with Gasteiger partial charge in [-0.25, -0.2) is 4.79 Å². The summed E-state index contributed by atoms with van der Waals surface area (Å²) >= 11 is 0. The smallest absolute Gasteiger partial charge is 0.331 e. The number of carbonyl (C=O) groups is 1. The largest absolute Gasteiger partial charge is 0.504 e. The molecule has 0 bridgehead atoms. The van der Waals surface area contributed by atoms with Gasteiger partial charge in [0.2, 0.25) is 0 Å². The summed E-state index contributed by atoms with van der Waals surface area (Å²) in [7, 11) is 1.46. The Kier molecular flexibility index (Phi) is 5.42. The molecular formula is C15H20O4. The number of carboxylic acid groups (broad SMARTS) is 1. The molecule has 0 fully saturated rings. The second-order valence-corrected chi connectivity index (χ2v) is 4.62. The van der Waals surface area contributed by atoms with Crippen molar-refractivity contribution in [3.8, 4) is 11.5 Å². The standard InChI is InChI=1S/C15H20O4/c1-4-10(2)7-12(15(17)18)8-11-5-6-13(16)14(9-11)19-3/h5-6,8-10,16H,4,7H2,1-3H3,(H,17,18). The predicted molar refractivity (Wildman–Crippen MR) is 74.3 cm³/mol. The molecule has 0 saturated heterocycles. The number of phenolic OH excluding ortho intramolecular Hbond substituents is 1. The molecule has 19 heavy (non-hydrogen) atoms. The first-order valence-electron chi connectivity index (χ1n) is 6.28. The topological polar surface area (TPSA) is 66.8 Å². The monoisotopic (exact) mass is 264 g/mol. The number of benzene rings is 1. The lowest BCUT2D eigenvalue weighted by atomic mass is 9.97. The number of aliphatic carboxylic acids is 1. The number of aromatic hydroxyl groups is 1. The van der Waals surface area contributed by atoms with Crippen molar-refractivity contribution in [2.75, 3.05) is 7.11 Å². The number of hydrogen-bond donors (Lipinski definition) is 2. The summed E-state index contributed by atoms with van der Waals surface area (Å²) in [6.45, 7) is 4.06. The molecule has 0 aliphatic heterocycles. The number of hydrogen-bond acceptors (Lipinski definition) is 3. The van der Waals surface area contributed by atoms with Crippen LogP contribution in [0.15, 0.2) is 23.8 Å². The van der Waals surface area contributed by atoms with Crippen LogP contribution in [0.2, 0.25) is 0 Å². The van der Waals surface area contributed by atoms with Crippen LogP contribution in [0, 0.1) is 5.92 Å². The quantitative estimate of drug-likeness (QED) is 0.774. The van der Waals surface area contributed by atoms with Crippen LogP contribution >= 0.6 is 0 Å². The fourth-order valence-electron chi connectivity index (χ4n) is 1.71. The molecule has 0 aliphatic rings. The van der Waals surface area contributed by atoms with Gasteiger partial charge in [-0.05, 0) is 36.1 Å². The van der Waals surface area contributed by atoms with E-state index in [1.165, 1.54) is 13.2 Å². The average molecular weight is 264 g/mol. The highest BCUT2D eigenvalue weighted by atomic mass is 16.5. The molecular weight excluding hydrogens is 244 g/mol. The molecule has 1 aromatic rings. The van der Waals surface area contributed by atoms with Crippen molar-refractivity contribution in [2.45, 2.75) is 26.7 Å². The van der Waals surface area contributed by atoms with Crippen molar-refractivity contribution in [1.82, 2.24) is 0 Å². The third-order valence-corrected chi connectivity index (χ3v) is 3.08. The van der Waals surface area contributed by atoms with Crippen LogP contribution in [-0.4, -0.2) is 23.3 Å². The SMILES string of the molecule is CCC(C)CC(=Cc1ccc(O)c(OC)c1)C(=O)O. The zero-order valence-electron chi connectivity index (χ0n) is 11.5. The van der Waals surface area contributed by atoms with Gasteiger partial charge in [0.1, 0.15) is 0 Å². The Labute approximate surface area is 113 Å². The van der Waals surface area contributed by atoms with Crippen molar-refractivity contribution in [1.29, 1.82) is 0 Å². The van der Waals surface area contributed by atoms with Gasteiger partial charge < -0.3 is 14.9 Å². The highest BCUT2D eigenvalue weighted by Crippen LogP contribution is 2.28. The van der Waals surface area contributed by atoms with E-state index in [0.29, 0.717) is 29.2 Å². The van der Waals surface area contributed by atoms with E-state index in [-0.39, 0.29) is 5.75 Å². The molecule has 0 aliphatic carbocycles. The van der Waals surface area contributed by atoms with Crippen LogP contribution < -0.4 is 4.74 Å². The van der Waals surface area contributed by atoms with Crippen LogP contribution in [-0.2, 0) is 4.79 Å². The Morgan fingerprint density at radius 3 is 2.68 bits per heavy atom. The first-order valence-corrected chi connectivity index (χ1v) is 6.28. The predicted octanol–water partition coefficient (Wildman–Crippen LogP) is 3.31. The maximum absolute atomic E-state index is 11.2. The Hall–Kier alpha value is -1.97. The zero-order valence-corrected chi connectivity index (χ0v) is 11.5. The molecule has 1 atom stereocenters. The number of methoxy groups -OCH3 is 1. The molecule has 2 N–H and O–H groups in total. The van der Waals surface area contributed by atoms with E-state index in [0.717, 1.165) is 6.42 Å². The molecule has 0 aromatic heterocycles. The van der Waals surface area contributed by atoms with Gasteiger partial charge in [-0.1, -0.05) is 26.3 Å². The Morgan fingerprint density at radius 2 is 2.16 bits per heavy atom. The van der Waals surface area contributed by atoms with Crippen molar-refractivity contribution >= 4 is 12.0 Å². The molecule has 104 valence electrons. The number of ether oxygens (including phenoxy) is 1. The van der Waals surface area contributed by atoms with Gasteiger partial charge in [-0.3, -0.25) is 0 Å². The van der Waals surface area contributed by atoms with E-state index in [1.54, 1.807) is 18.2 Å². The minimum atomic E-state index is -0.910. The Balaban J connectivity index is 3.04. The normalized spacial score (nSPS) is 13.1. The lowest BCUT2D eigenvalue weighted by Crippen LogP contribution is -2.05. The molecule has 0 spiro atoms. The van der Waals surface area contributed by atoms with Gasteiger partial charge in [0.15, 0.2) is 11.5 Å². The highest BCUT2D eigenvalue weighted by Gasteiger charge is 2.12. The second-order valence-electron chi connectivity index (χ2n) is 4.62. The molecule has 4 heteroatoms. The van der Waals surface area contributed by atoms with Gasteiger partial charge in [0.05, 0.1) is 7.11 Å². The summed E-state index contributed by atoms with van der Waals surface area (Å²) in [5, 5.41) is 18.7. The van der Waals surface area contributed by atoms with Crippen molar-refractivity contribution in [3.05, 3.63) is 29.3 Å². The lowest BCUT2D eigenvalue weighted by molar-refractivity contribution is -0.132. The first kappa shape index (κ1) is 15.1. The summed E-state index contributed by atoms with van der Waals surface area (Å²) < 4.78 is 5.00. The summed E-state index contributed by atoms with van der Waals surface area (Å²) in [6, 6.07) is 4.78. The first-order chi connectivity index (χ1) is 8.97. The molecule has 0 saturated carbocycles. The van der Waals surface area contributed by atoms with E-state index in [1.807, 2.05) is 13.8 Å². The van der Waals surface area contributed by atoms with Gasteiger partial charge in [0, 0.05) is 5.57 Å². The molecule has 1 aromatic carbocycles. The lowest BCUT2D eigenvalue weighted by Gasteiger charge is -2.09. The maximum Gasteiger partial charge on any atom is 0.331 e. The van der Waals surface area contributed by atoms with E-state index >= 15 is 0 Å². The third kappa shape index (κ3) is 4.32. The van der Waals surface area contributed by atoms with Crippen LogP contribution in [0.4, 0.5) is 0 Å². The number of phenols is 1. The number of rotatable bonds is 6. The summed E-state index contributed by atoms with van der Waals surface area (Å²) in [4.78, 5) is 11.2. The number of carboxylic acids is 1. The van der Waals surface area contributed by atoms with Gasteiger partial charge in [-0.15, -0.1) is 0 Å². The molecule has 0 amide bonds. The summed E-state index contributed by atoms with van der Waals surface area (Å²) in [6.07, 6.45) is 3.08. The fraction of sp³-hybridized carbons (Fsp3) is 0.400. The highest BCUT2D eigenvalue weighted by molar-refractivity contribution is 5.92. The van der Waals surface area contributed by atoms with Crippen molar-refractivity contribution in [3.63, 3.8) is 0 Å². The van der Waals surface area contributed by atoms with Gasteiger partial charge in [-0.2, -0.15) is 0 Å². The Morgan fingerprint density at radius 1 is 1.47 bits per heavy atom. The maximum atomic E-state index is 11.2. The minimum absolute atomic E-state index is 0.0402. The van der Waals surface area contributed by atoms with E-state index in [4.69, 9.17) is 4.74 Å². The summed E-state index contributed by atoms with van der Waals surface area (Å²) in [5.74, 6) is -0.214. The average Bonchev–Trinajstić information content (AvgIpc) is 2.39. The van der Waals surface area contributed by atoms with Crippen LogP contribution in [0.25, 0.3) is 6.08 Å². The molecule has 1 rings (SSSR count). The van der Waals surface area contributed by atoms with E-state index < -0.39 is 5.97 Å². The van der Waals surface area contributed by atoms with Crippen LogP contribution in [0.3, 0.4) is 0 Å². The van der Waals surface area contributed by atoms with Crippen LogP contribution in [0.1, 0.15) is 32.3 Å². The van der Waals surface area contributed by atoms with Gasteiger partial charge >= 0.3 is 5.97 Å². The molecule has 1 unspecified atom stereocenters. The van der Waals surface area contributed by atoms with E-state index in [9.17, 15) is 15.0 Å². The van der Waals surface area contributed by atoms with Gasteiger partial charge in [0.25, 0.3) is 0 Å². The molecule has 0 heterocycles.